The van der Waals surface area contributed by atoms with Crippen LogP contribution in [0.25, 0.3) is 118 Å². The van der Waals surface area contributed by atoms with Crippen LogP contribution >= 0.6 is 0 Å². The molecule has 3 heterocycles. The van der Waals surface area contributed by atoms with Gasteiger partial charge in [-0.1, -0.05) is 170 Å². The van der Waals surface area contributed by atoms with Crippen molar-refractivity contribution < 1.29 is 13.2 Å². The van der Waals surface area contributed by atoms with Gasteiger partial charge >= 0.3 is 6.18 Å². The van der Waals surface area contributed by atoms with Gasteiger partial charge in [0.05, 0.1) is 68.3 Å². The Hall–Kier alpha value is -10.3. The van der Waals surface area contributed by atoms with Gasteiger partial charge in [-0.2, -0.15) is 23.7 Å². The Morgan fingerprint density at radius 3 is 1.01 bits per heavy atom. The van der Waals surface area contributed by atoms with Crippen LogP contribution in [0.3, 0.4) is 0 Å². The highest BCUT2D eigenvalue weighted by Crippen LogP contribution is 2.46. The summed E-state index contributed by atoms with van der Waals surface area (Å²) in [5.74, 6) is 0.0663. The van der Waals surface area contributed by atoms with Crippen molar-refractivity contribution >= 4 is 21.8 Å². The molecule has 12 rings (SSSR count). The summed E-state index contributed by atoms with van der Waals surface area (Å²) in [6.45, 7) is 0. The maximum atomic E-state index is 16.0. The summed E-state index contributed by atoms with van der Waals surface area (Å²) < 4.78 is 50.0. The Labute approximate surface area is 429 Å². The topological polar surface area (TPSA) is 104 Å². The van der Waals surface area contributed by atoms with Gasteiger partial charge in [0.2, 0.25) is 0 Å². The van der Waals surface area contributed by atoms with E-state index in [1.165, 1.54) is 0 Å². The lowest BCUT2D eigenvalue weighted by molar-refractivity contribution is -0.137. The summed E-state index contributed by atoms with van der Waals surface area (Å²) >= 11 is 0. The molecular formula is C65H38F3N7. The summed E-state index contributed by atoms with van der Waals surface area (Å²) in [7, 11) is 0. The number of nitrogens with zero attached hydrogens (tertiary/aromatic N) is 7. The number of halogens is 3. The Morgan fingerprint density at radius 1 is 0.347 bits per heavy atom. The van der Waals surface area contributed by atoms with E-state index in [0.717, 1.165) is 67.4 Å². The molecule has 0 N–H and O–H groups in total. The molecule has 9 aromatic carbocycles. The second-order valence-corrected chi connectivity index (χ2v) is 18.0. The van der Waals surface area contributed by atoms with Crippen LogP contribution < -0.4 is 0 Å². The molecule has 0 bridgehead atoms. The fraction of sp³-hybridized carbons (Fsp3) is 0.0154. The van der Waals surface area contributed by atoms with Gasteiger partial charge in [0, 0.05) is 44.2 Å². The molecule has 12 aromatic rings. The highest BCUT2D eigenvalue weighted by Gasteiger charge is 2.35. The molecule has 0 aliphatic rings. The summed E-state index contributed by atoms with van der Waals surface area (Å²) in [4.78, 5) is 20.8. The molecule has 0 aliphatic carbocycles. The van der Waals surface area contributed by atoms with E-state index < -0.39 is 11.7 Å². The molecule has 7 nitrogen and oxygen atoms in total. The van der Waals surface area contributed by atoms with E-state index in [2.05, 4.69) is 12.1 Å². The maximum Gasteiger partial charge on any atom is 0.416 e. The first-order chi connectivity index (χ1) is 36.7. The highest BCUT2D eigenvalue weighted by molar-refractivity contribution is 6.12. The van der Waals surface area contributed by atoms with Crippen molar-refractivity contribution in [3.8, 4) is 108 Å². The van der Waals surface area contributed by atoms with Gasteiger partial charge in [0.1, 0.15) is 0 Å². The molecule has 0 aliphatic heterocycles. The minimum atomic E-state index is -4.86. The second kappa shape index (κ2) is 19.0. The fourth-order valence-electron chi connectivity index (χ4n) is 9.70. The molecule has 354 valence electrons. The predicted octanol–water partition coefficient (Wildman–Crippen LogP) is 16.5. The molecule has 10 heteroatoms. The number of fused-ring (bicyclic) bond motifs is 3. The van der Waals surface area contributed by atoms with Crippen LogP contribution in [0.5, 0.6) is 0 Å². The number of benzene rings is 9. The number of rotatable bonds is 9. The first-order valence-electron chi connectivity index (χ1n) is 24.0. The maximum absolute atomic E-state index is 16.0. The Kier molecular flexibility index (Phi) is 11.6. The van der Waals surface area contributed by atoms with Gasteiger partial charge in [-0.15, -0.1) is 0 Å². The lowest BCUT2D eigenvalue weighted by atomic mass is 9.98. The quantitative estimate of drug-likeness (QED) is 0.143. The van der Waals surface area contributed by atoms with E-state index in [1.54, 1.807) is 12.1 Å². The van der Waals surface area contributed by atoms with Crippen LogP contribution in [0.2, 0.25) is 0 Å². The van der Waals surface area contributed by atoms with Crippen LogP contribution in [0, 0.1) is 22.7 Å². The standard InChI is InChI=1S/C65H38F3N7/c66-65(67,68)51-35-54(63-71-56(43-17-5-1-6-18-43)37-57(72-63)44-19-7-2-8-20-44)62(55(36-51)64-73-58(45-21-9-3-10-22-45)38-59(74-64)46-23-11-4-12-24-46)75-60-33-49(47-25-13-15-41(31-47)39-69)27-29-52(60)53-30-28-50(34-61(53)75)48-26-14-16-42(32-48)40-70/h1-38H. The summed E-state index contributed by atoms with van der Waals surface area (Å²) in [5.41, 5.74) is 9.73. The van der Waals surface area contributed by atoms with Crippen molar-refractivity contribution in [1.29, 1.82) is 10.5 Å². The van der Waals surface area contributed by atoms with Gasteiger partial charge in [0.15, 0.2) is 11.6 Å². The third-order valence-corrected chi connectivity index (χ3v) is 13.3. The molecular weight excluding hydrogens is 936 g/mol. The lowest BCUT2D eigenvalue weighted by Crippen LogP contribution is -2.11. The predicted molar refractivity (Wildman–Crippen MR) is 290 cm³/mol. The van der Waals surface area contributed by atoms with Crippen molar-refractivity contribution in [3.63, 3.8) is 0 Å². The number of hydrogen-bond acceptors (Lipinski definition) is 6. The zero-order valence-electron chi connectivity index (χ0n) is 39.7. The average molecular weight is 974 g/mol. The van der Waals surface area contributed by atoms with Crippen molar-refractivity contribution in [1.82, 2.24) is 24.5 Å². The SMILES string of the molecule is N#Cc1cccc(-c2ccc3c4ccc(-c5cccc(C#N)c5)cc4n(-c4c(-c5nc(-c6ccccc6)cc(-c6ccccc6)n5)cc(C(F)(F)F)cc4-c4nc(-c5ccccc5)cc(-c5ccccc5)n4)c3c2)c1. The van der Waals surface area contributed by atoms with E-state index in [4.69, 9.17) is 19.9 Å². The van der Waals surface area contributed by atoms with Crippen LogP contribution in [-0.4, -0.2) is 24.5 Å². The number of alkyl halides is 3. The van der Waals surface area contributed by atoms with Crippen LogP contribution in [0.4, 0.5) is 13.2 Å². The number of hydrogen-bond donors (Lipinski definition) is 0. The van der Waals surface area contributed by atoms with Crippen LogP contribution in [-0.2, 0) is 6.18 Å². The van der Waals surface area contributed by atoms with Gasteiger partial charge < -0.3 is 4.57 Å². The largest absolute Gasteiger partial charge is 0.416 e. The normalized spacial score (nSPS) is 11.4. The summed E-state index contributed by atoms with van der Waals surface area (Å²) in [5, 5.41) is 21.5. The minimum absolute atomic E-state index is 0.0332. The van der Waals surface area contributed by atoms with Crippen molar-refractivity contribution in [2.24, 2.45) is 0 Å². The molecule has 0 atom stereocenters. The fourth-order valence-corrected chi connectivity index (χ4v) is 9.70. The molecule has 0 spiro atoms. The van der Waals surface area contributed by atoms with E-state index in [1.807, 2.05) is 211 Å². The molecule has 0 saturated heterocycles. The zero-order valence-corrected chi connectivity index (χ0v) is 39.7. The molecule has 0 radical (unpaired) electrons. The molecule has 0 unspecified atom stereocenters. The van der Waals surface area contributed by atoms with Crippen molar-refractivity contribution in [3.05, 3.63) is 247 Å². The van der Waals surface area contributed by atoms with Gasteiger partial charge in [-0.25, -0.2) is 19.9 Å². The Bertz CT molecular complexity index is 3860. The minimum Gasteiger partial charge on any atom is -0.308 e. The third kappa shape index (κ3) is 8.84. The molecule has 75 heavy (non-hydrogen) atoms. The lowest BCUT2D eigenvalue weighted by Gasteiger charge is -2.22. The van der Waals surface area contributed by atoms with Crippen molar-refractivity contribution in [2.45, 2.75) is 6.18 Å². The van der Waals surface area contributed by atoms with Gasteiger partial charge in [-0.3, -0.25) is 0 Å². The average Bonchev–Trinajstić information content (AvgIpc) is 3.94. The molecule has 0 saturated carbocycles. The smallest absolute Gasteiger partial charge is 0.308 e. The number of nitriles is 2. The zero-order chi connectivity index (χ0) is 51.0. The van der Waals surface area contributed by atoms with Crippen LogP contribution in [0.15, 0.2) is 231 Å². The van der Waals surface area contributed by atoms with Crippen molar-refractivity contribution in [2.75, 3.05) is 0 Å². The van der Waals surface area contributed by atoms with E-state index in [-0.39, 0.29) is 22.8 Å². The first-order valence-corrected chi connectivity index (χ1v) is 24.0. The Balaban J connectivity index is 1.28. The van der Waals surface area contributed by atoms with Gasteiger partial charge in [0.25, 0.3) is 0 Å². The van der Waals surface area contributed by atoms with E-state index >= 15 is 13.2 Å². The Morgan fingerprint density at radius 2 is 0.680 bits per heavy atom. The van der Waals surface area contributed by atoms with E-state index in [0.29, 0.717) is 50.6 Å². The molecule has 3 aromatic heterocycles. The van der Waals surface area contributed by atoms with Gasteiger partial charge in [-0.05, 0) is 82.9 Å². The second-order valence-electron chi connectivity index (χ2n) is 18.0. The summed E-state index contributed by atoms with van der Waals surface area (Å²) in [6.07, 6.45) is -4.86. The molecule has 0 amide bonds. The first kappa shape index (κ1) is 45.8. The molecule has 0 fully saturated rings. The summed E-state index contributed by atoms with van der Waals surface area (Å²) in [6, 6.07) is 75.0. The monoisotopic (exact) mass is 973 g/mol. The highest BCUT2D eigenvalue weighted by atomic mass is 19.4. The van der Waals surface area contributed by atoms with Crippen LogP contribution in [0.1, 0.15) is 16.7 Å². The number of aromatic nitrogens is 5. The van der Waals surface area contributed by atoms with E-state index in [9.17, 15) is 10.5 Å². The third-order valence-electron chi connectivity index (χ3n) is 13.3.